The van der Waals surface area contributed by atoms with E-state index in [0.717, 1.165) is 22.6 Å². The normalized spacial score (nSPS) is 14.0. The highest BCUT2D eigenvalue weighted by Gasteiger charge is 2.23. The maximum absolute atomic E-state index is 12.2. The average Bonchev–Trinajstić information content (AvgIpc) is 2.83. The second-order valence-corrected chi connectivity index (χ2v) is 8.06. The summed E-state index contributed by atoms with van der Waals surface area (Å²) in [6.45, 7) is 7.22. The van der Waals surface area contributed by atoms with Gasteiger partial charge in [-0.15, -0.1) is 0 Å². The number of halogens is 1. The van der Waals surface area contributed by atoms with Crippen LogP contribution in [0.3, 0.4) is 0 Å². The summed E-state index contributed by atoms with van der Waals surface area (Å²) in [7, 11) is 0. The summed E-state index contributed by atoms with van der Waals surface area (Å²) in [5.41, 5.74) is 4.43. The predicted octanol–water partition coefficient (Wildman–Crippen LogP) is 3.85. The van der Waals surface area contributed by atoms with Gasteiger partial charge in [-0.05, 0) is 19.9 Å². The first-order valence-corrected chi connectivity index (χ1v) is 11.1. The molecule has 4 rings (SSSR count). The SMILES string of the molecule is CCOCC(=O)N1CCN(c2cnc(-c3ccc(C)cc3)c(-c3ccncc3Cl)n2)CC1. The van der Waals surface area contributed by atoms with Crippen molar-refractivity contribution in [2.24, 2.45) is 0 Å². The van der Waals surface area contributed by atoms with E-state index in [1.165, 1.54) is 5.56 Å². The van der Waals surface area contributed by atoms with Crippen LogP contribution in [0.4, 0.5) is 5.82 Å². The number of nitrogens with zero attached hydrogens (tertiary/aromatic N) is 5. The Morgan fingerprint density at radius 1 is 1.06 bits per heavy atom. The van der Waals surface area contributed by atoms with Crippen LogP contribution in [0.2, 0.25) is 5.02 Å². The number of rotatable bonds is 6. The van der Waals surface area contributed by atoms with Crippen LogP contribution in [-0.2, 0) is 9.53 Å². The Labute approximate surface area is 193 Å². The molecule has 0 bridgehead atoms. The van der Waals surface area contributed by atoms with Crippen LogP contribution in [0.5, 0.6) is 0 Å². The lowest BCUT2D eigenvalue weighted by molar-refractivity contribution is -0.136. The van der Waals surface area contributed by atoms with Crippen molar-refractivity contribution in [2.45, 2.75) is 13.8 Å². The molecule has 1 aliphatic heterocycles. The smallest absolute Gasteiger partial charge is 0.248 e. The molecule has 1 aromatic carbocycles. The number of hydrogen-bond donors (Lipinski definition) is 0. The number of carbonyl (C=O) groups excluding carboxylic acids is 1. The van der Waals surface area contributed by atoms with Crippen molar-refractivity contribution >= 4 is 23.3 Å². The van der Waals surface area contributed by atoms with Crippen molar-refractivity contribution in [3.8, 4) is 22.5 Å². The Morgan fingerprint density at radius 2 is 1.81 bits per heavy atom. The number of aryl methyl sites for hydroxylation is 1. The van der Waals surface area contributed by atoms with Gasteiger partial charge in [0.15, 0.2) is 0 Å². The van der Waals surface area contributed by atoms with Crippen molar-refractivity contribution in [1.82, 2.24) is 19.9 Å². The summed E-state index contributed by atoms with van der Waals surface area (Å²) in [4.78, 5) is 30.1. The molecule has 1 aliphatic rings. The fraction of sp³-hybridized carbons (Fsp3) is 0.333. The Morgan fingerprint density at radius 3 is 2.50 bits per heavy atom. The molecule has 0 unspecified atom stereocenters. The molecule has 32 heavy (non-hydrogen) atoms. The predicted molar refractivity (Wildman–Crippen MR) is 126 cm³/mol. The number of piperazine rings is 1. The van der Waals surface area contributed by atoms with Crippen LogP contribution in [0.1, 0.15) is 12.5 Å². The van der Waals surface area contributed by atoms with E-state index in [9.17, 15) is 4.79 Å². The first-order chi connectivity index (χ1) is 15.6. The van der Waals surface area contributed by atoms with Crippen molar-refractivity contribution in [3.63, 3.8) is 0 Å². The summed E-state index contributed by atoms with van der Waals surface area (Å²) in [5.74, 6) is 0.789. The molecule has 8 heteroatoms. The van der Waals surface area contributed by atoms with E-state index in [4.69, 9.17) is 26.3 Å². The quantitative estimate of drug-likeness (QED) is 0.566. The van der Waals surface area contributed by atoms with Crippen molar-refractivity contribution in [3.05, 3.63) is 59.5 Å². The van der Waals surface area contributed by atoms with E-state index in [0.29, 0.717) is 43.5 Å². The molecule has 0 atom stereocenters. The summed E-state index contributed by atoms with van der Waals surface area (Å²) >= 11 is 6.48. The van der Waals surface area contributed by atoms with Gasteiger partial charge in [0.2, 0.25) is 5.91 Å². The Hall–Kier alpha value is -3.03. The Bertz CT molecular complexity index is 1080. The molecule has 1 amide bonds. The average molecular weight is 452 g/mol. The summed E-state index contributed by atoms with van der Waals surface area (Å²) in [5, 5.41) is 0.527. The highest BCUT2D eigenvalue weighted by molar-refractivity contribution is 6.33. The molecule has 0 N–H and O–H groups in total. The minimum absolute atomic E-state index is 0.0246. The molecule has 0 aliphatic carbocycles. The molecule has 0 spiro atoms. The number of benzene rings is 1. The standard InChI is InChI=1S/C24H26ClN5O2/c1-3-32-16-22(31)30-12-10-29(11-13-30)21-15-27-23(18-6-4-17(2)5-7-18)24(28-21)19-8-9-26-14-20(19)25/h4-9,14-15H,3,10-13,16H2,1-2H3. The zero-order chi connectivity index (χ0) is 22.5. The molecular formula is C24H26ClN5O2. The summed E-state index contributed by atoms with van der Waals surface area (Å²) in [6, 6.07) is 10.1. The van der Waals surface area contributed by atoms with Crippen LogP contribution in [0.25, 0.3) is 22.5 Å². The third kappa shape index (κ3) is 4.89. The topological polar surface area (TPSA) is 71.5 Å². The van der Waals surface area contributed by atoms with Gasteiger partial charge in [-0.25, -0.2) is 4.98 Å². The molecule has 3 heterocycles. The molecule has 3 aromatic rings. The lowest BCUT2D eigenvalue weighted by atomic mass is 10.0. The maximum atomic E-state index is 12.2. The number of amides is 1. The first-order valence-electron chi connectivity index (χ1n) is 10.7. The number of anilines is 1. The van der Waals surface area contributed by atoms with Gasteiger partial charge in [-0.1, -0.05) is 41.4 Å². The third-order valence-electron chi connectivity index (χ3n) is 5.50. The van der Waals surface area contributed by atoms with Crippen molar-refractivity contribution in [1.29, 1.82) is 0 Å². The van der Waals surface area contributed by atoms with Crippen LogP contribution in [-0.4, -0.2) is 65.2 Å². The molecule has 0 radical (unpaired) electrons. The summed E-state index contributed by atoms with van der Waals surface area (Å²) in [6.07, 6.45) is 5.12. The zero-order valence-corrected chi connectivity index (χ0v) is 19.0. The fourth-order valence-electron chi connectivity index (χ4n) is 3.68. The molecule has 2 aromatic heterocycles. The molecule has 1 fully saturated rings. The van der Waals surface area contributed by atoms with Gasteiger partial charge in [-0.2, -0.15) is 0 Å². The van der Waals surface area contributed by atoms with Crippen LogP contribution in [0, 0.1) is 6.92 Å². The largest absolute Gasteiger partial charge is 0.372 e. The van der Waals surface area contributed by atoms with Crippen LogP contribution in [0.15, 0.2) is 48.9 Å². The molecule has 7 nitrogen and oxygen atoms in total. The fourth-order valence-corrected chi connectivity index (χ4v) is 3.88. The molecule has 166 valence electrons. The van der Waals surface area contributed by atoms with Gasteiger partial charge >= 0.3 is 0 Å². The monoisotopic (exact) mass is 451 g/mol. The number of hydrogen-bond acceptors (Lipinski definition) is 6. The van der Waals surface area contributed by atoms with Crippen molar-refractivity contribution in [2.75, 3.05) is 44.3 Å². The molecule has 1 saturated heterocycles. The highest BCUT2D eigenvalue weighted by Crippen LogP contribution is 2.34. The van der Waals surface area contributed by atoms with E-state index < -0.39 is 0 Å². The second kappa shape index (κ2) is 10.1. The number of ether oxygens (including phenoxy) is 1. The Balaban J connectivity index is 1.63. The van der Waals surface area contributed by atoms with E-state index in [1.54, 1.807) is 18.6 Å². The molecule has 0 saturated carbocycles. The van der Waals surface area contributed by atoms with Crippen LogP contribution >= 0.6 is 11.6 Å². The van der Waals surface area contributed by atoms with Crippen molar-refractivity contribution < 1.29 is 9.53 Å². The lowest BCUT2D eigenvalue weighted by Crippen LogP contribution is -2.50. The van der Waals surface area contributed by atoms with E-state index >= 15 is 0 Å². The number of carbonyl (C=O) groups is 1. The van der Waals surface area contributed by atoms with Gasteiger partial charge in [-0.3, -0.25) is 14.8 Å². The van der Waals surface area contributed by atoms with E-state index in [-0.39, 0.29) is 12.5 Å². The number of aromatic nitrogens is 3. The zero-order valence-electron chi connectivity index (χ0n) is 18.3. The van der Waals surface area contributed by atoms with E-state index in [2.05, 4.69) is 28.9 Å². The highest BCUT2D eigenvalue weighted by atomic mass is 35.5. The molecular weight excluding hydrogens is 426 g/mol. The minimum Gasteiger partial charge on any atom is -0.372 e. The minimum atomic E-state index is 0.0246. The lowest BCUT2D eigenvalue weighted by Gasteiger charge is -2.35. The van der Waals surface area contributed by atoms with Gasteiger partial charge in [0.05, 0.1) is 16.9 Å². The van der Waals surface area contributed by atoms with Gasteiger partial charge in [0.1, 0.15) is 18.1 Å². The summed E-state index contributed by atoms with van der Waals surface area (Å²) < 4.78 is 5.25. The number of pyridine rings is 1. The second-order valence-electron chi connectivity index (χ2n) is 7.65. The van der Waals surface area contributed by atoms with Gasteiger partial charge in [0.25, 0.3) is 0 Å². The van der Waals surface area contributed by atoms with Gasteiger partial charge < -0.3 is 14.5 Å². The Kier molecular flexibility index (Phi) is 6.97. The third-order valence-corrected chi connectivity index (χ3v) is 5.80. The van der Waals surface area contributed by atoms with Crippen LogP contribution < -0.4 is 4.90 Å². The van der Waals surface area contributed by atoms with Gasteiger partial charge in [0, 0.05) is 56.3 Å². The maximum Gasteiger partial charge on any atom is 0.248 e. The van der Waals surface area contributed by atoms with E-state index in [1.807, 2.05) is 30.0 Å². The first kappa shape index (κ1) is 22.2.